The van der Waals surface area contributed by atoms with Crippen molar-refractivity contribution in [2.75, 3.05) is 28.4 Å². The molecule has 0 spiro atoms. The molecule has 0 atom stereocenters. The van der Waals surface area contributed by atoms with Crippen LogP contribution in [-0.2, 0) is 0 Å². The van der Waals surface area contributed by atoms with Crippen molar-refractivity contribution in [3.63, 3.8) is 0 Å². The highest BCUT2D eigenvalue weighted by Crippen LogP contribution is 2.55. The molecule has 380 valence electrons. The van der Waals surface area contributed by atoms with Crippen molar-refractivity contribution >= 4 is 62.3 Å². The molecule has 10 aromatic rings. The predicted octanol–water partition coefficient (Wildman–Crippen LogP) is 20.2. The molecular formula is C65H42BrCl4F2NO4. The highest BCUT2D eigenvalue weighted by molar-refractivity contribution is 9.10. The van der Waals surface area contributed by atoms with E-state index >= 15 is 8.78 Å². The van der Waals surface area contributed by atoms with Gasteiger partial charge in [0.05, 0.1) is 50.1 Å². The third-order valence-electron chi connectivity index (χ3n) is 13.5. The van der Waals surface area contributed by atoms with E-state index in [2.05, 4.69) is 22.0 Å². The number of rotatable bonds is 13. The summed E-state index contributed by atoms with van der Waals surface area (Å²) < 4.78 is 57.3. The van der Waals surface area contributed by atoms with Gasteiger partial charge in [-0.1, -0.05) is 147 Å². The fraction of sp³-hybridized carbons (Fsp3) is 0.0615. The standard InChI is InChI=1S/C65H42BrCl4F2NO4/c1-74-41-25-28-47(53(33-41)48-29-30-58(76-3)65(77-4)62(48)42-12-6-5-11-37(42)35-73)60-45(15-10-18-57(60)75-2)51-31-39(67)23-26-46(51)59-44(14-9-16-55(59)68)52-32-40(71)24-27-43(52)54-34-50(36-19-21-38(66)22-20-36)63(69)64(70)61(54)49-13-7-8-17-56(49)72/h5-34H,1-4H3. The predicted molar refractivity (Wildman–Crippen MR) is 314 cm³/mol. The first-order valence-corrected chi connectivity index (χ1v) is 26.2. The minimum absolute atomic E-state index is 0.117. The van der Waals surface area contributed by atoms with Crippen LogP contribution in [-0.4, -0.2) is 28.4 Å². The van der Waals surface area contributed by atoms with E-state index in [1.54, 1.807) is 77.0 Å². The van der Waals surface area contributed by atoms with Crippen LogP contribution >= 0.6 is 62.3 Å². The lowest BCUT2D eigenvalue weighted by atomic mass is 9.82. The summed E-state index contributed by atoms with van der Waals surface area (Å²) >= 11 is 32.5. The first-order valence-electron chi connectivity index (χ1n) is 23.9. The molecule has 0 unspecified atom stereocenters. The minimum Gasteiger partial charge on any atom is -0.497 e. The second kappa shape index (κ2) is 22.5. The van der Waals surface area contributed by atoms with Crippen LogP contribution in [0.3, 0.4) is 0 Å². The van der Waals surface area contributed by atoms with Gasteiger partial charge in [0.15, 0.2) is 11.5 Å². The lowest BCUT2D eigenvalue weighted by Gasteiger charge is -2.24. The van der Waals surface area contributed by atoms with Crippen LogP contribution in [0.2, 0.25) is 20.1 Å². The van der Waals surface area contributed by atoms with Gasteiger partial charge in [-0.05, 0) is 158 Å². The quantitative estimate of drug-likeness (QED) is 0.115. The molecule has 0 radical (unpaired) electrons. The molecule has 5 nitrogen and oxygen atoms in total. The SMILES string of the molecule is COc1ccc(-c2c(OC)cccc2-c2cc(Cl)ccc2-c2c(Cl)cccc2-c2cc(F)ccc2-c2cc(-c3ccc(Br)cc3)c(Cl)c(Cl)c2-c2ccccc2F)c(-c2ccc(OC)c(OC)c2-c2ccccc2C#N)c1. The van der Waals surface area contributed by atoms with Gasteiger partial charge in [0.1, 0.15) is 23.1 Å². The number of halogens is 7. The Morgan fingerprint density at radius 3 is 1.74 bits per heavy atom. The number of nitrogens with zero attached hydrogens (tertiary/aromatic N) is 1. The molecule has 0 saturated heterocycles. The largest absolute Gasteiger partial charge is 0.497 e. The van der Waals surface area contributed by atoms with Gasteiger partial charge < -0.3 is 18.9 Å². The molecular weight excluding hydrogens is 1120 g/mol. The highest BCUT2D eigenvalue weighted by atomic mass is 79.9. The molecule has 0 aliphatic heterocycles. The van der Waals surface area contributed by atoms with E-state index in [9.17, 15) is 5.26 Å². The van der Waals surface area contributed by atoms with Crippen LogP contribution in [0, 0.1) is 23.0 Å². The number of methoxy groups -OCH3 is 4. The average Bonchev–Trinajstić information content (AvgIpc) is 3.47. The molecule has 77 heavy (non-hydrogen) atoms. The topological polar surface area (TPSA) is 60.7 Å². The zero-order valence-corrected chi connectivity index (χ0v) is 46.2. The Morgan fingerprint density at radius 2 is 1.03 bits per heavy atom. The van der Waals surface area contributed by atoms with E-state index in [1.165, 1.54) is 18.2 Å². The van der Waals surface area contributed by atoms with Crippen molar-refractivity contribution in [2.24, 2.45) is 0 Å². The molecule has 0 aliphatic rings. The van der Waals surface area contributed by atoms with Crippen LogP contribution < -0.4 is 18.9 Å². The summed E-state index contributed by atoms with van der Waals surface area (Å²) in [6.45, 7) is 0. The summed E-state index contributed by atoms with van der Waals surface area (Å²) in [6.07, 6.45) is 0. The monoisotopic (exact) mass is 1160 g/mol. The number of hydrogen-bond donors (Lipinski definition) is 0. The van der Waals surface area contributed by atoms with E-state index in [4.69, 9.17) is 65.4 Å². The zero-order chi connectivity index (χ0) is 54.1. The average molecular weight is 1160 g/mol. The maximum Gasteiger partial charge on any atom is 0.169 e. The molecule has 0 saturated carbocycles. The first-order chi connectivity index (χ1) is 37.4. The van der Waals surface area contributed by atoms with Crippen LogP contribution in [0.4, 0.5) is 8.78 Å². The van der Waals surface area contributed by atoms with Crippen molar-refractivity contribution in [1.82, 2.24) is 0 Å². The molecule has 12 heteroatoms. The van der Waals surface area contributed by atoms with Gasteiger partial charge >= 0.3 is 0 Å². The molecule has 0 fully saturated rings. The van der Waals surface area contributed by atoms with Gasteiger partial charge in [0.2, 0.25) is 0 Å². The van der Waals surface area contributed by atoms with Crippen molar-refractivity contribution in [1.29, 1.82) is 5.26 Å². The Balaban J connectivity index is 1.25. The Kier molecular flexibility index (Phi) is 15.5. The van der Waals surface area contributed by atoms with Crippen molar-refractivity contribution in [2.45, 2.75) is 0 Å². The lowest BCUT2D eigenvalue weighted by Crippen LogP contribution is -2.00. The van der Waals surface area contributed by atoms with E-state index in [0.717, 1.165) is 15.6 Å². The maximum absolute atomic E-state index is 16.2. The summed E-state index contributed by atoms with van der Waals surface area (Å²) in [5.74, 6) is 0.926. The number of ether oxygens (including phenoxy) is 4. The third-order valence-corrected chi connectivity index (χ3v) is 15.5. The van der Waals surface area contributed by atoms with Gasteiger partial charge in [-0.15, -0.1) is 0 Å². The van der Waals surface area contributed by atoms with Gasteiger partial charge in [-0.25, -0.2) is 8.78 Å². The second-order valence-corrected chi connectivity index (χ2v) is 20.2. The van der Waals surface area contributed by atoms with E-state index < -0.39 is 11.6 Å². The Bertz CT molecular complexity index is 3990. The summed E-state index contributed by atoms with van der Waals surface area (Å²) in [4.78, 5) is 0. The molecule has 10 aromatic carbocycles. The van der Waals surface area contributed by atoms with Crippen LogP contribution in [0.1, 0.15) is 5.56 Å². The number of nitriles is 1. The third kappa shape index (κ3) is 9.91. The van der Waals surface area contributed by atoms with Gasteiger partial charge in [0.25, 0.3) is 0 Å². The number of benzene rings is 10. The van der Waals surface area contributed by atoms with Crippen LogP contribution in [0.25, 0.3) is 100 Å². The van der Waals surface area contributed by atoms with Crippen LogP contribution in [0.5, 0.6) is 23.0 Å². The molecule has 10 rings (SSSR count). The van der Waals surface area contributed by atoms with E-state index in [1.807, 2.05) is 115 Å². The summed E-state index contributed by atoms with van der Waals surface area (Å²) in [7, 11) is 6.33. The van der Waals surface area contributed by atoms with E-state index in [0.29, 0.717) is 122 Å². The zero-order valence-electron chi connectivity index (χ0n) is 41.5. The smallest absolute Gasteiger partial charge is 0.169 e. The van der Waals surface area contributed by atoms with Gasteiger partial charge in [0, 0.05) is 53.5 Å². The van der Waals surface area contributed by atoms with Crippen molar-refractivity contribution < 1.29 is 27.7 Å². The number of hydrogen-bond acceptors (Lipinski definition) is 5. The molecule has 0 aliphatic carbocycles. The van der Waals surface area contributed by atoms with Crippen LogP contribution in [0.15, 0.2) is 186 Å². The summed E-state index contributed by atoms with van der Waals surface area (Å²) in [5, 5.41) is 11.6. The van der Waals surface area contributed by atoms with Crippen molar-refractivity contribution in [3.8, 4) is 129 Å². The Labute approximate surface area is 473 Å². The normalized spacial score (nSPS) is 11.0. The Hall–Kier alpha value is -7.61. The first kappa shape index (κ1) is 52.8. The second-order valence-electron chi connectivity index (χ2n) is 17.7. The molecule has 0 heterocycles. The fourth-order valence-corrected chi connectivity index (χ4v) is 11.3. The maximum atomic E-state index is 16.2. The van der Waals surface area contributed by atoms with Gasteiger partial charge in [-0.3, -0.25) is 0 Å². The summed E-state index contributed by atoms with van der Waals surface area (Å²) in [5.41, 5.74) is 10.9. The fourth-order valence-electron chi connectivity index (χ4n) is 10.1. The molecule has 0 N–H and O–H groups in total. The summed E-state index contributed by atoms with van der Waals surface area (Å²) in [6, 6.07) is 56.2. The molecule has 0 aromatic heterocycles. The van der Waals surface area contributed by atoms with E-state index in [-0.39, 0.29) is 15.6 Å². The minimum atomic E-state index is -0.527. The molecule has 0 amide bonds. The highest BCUT2D eigenvalue weighted by Gasteiger charge is 2.29. The lowest BCUT2D eigenvalue weighted by molar-refractivity contribution is 0.356. The van der Waals surface area contributed by atoms with Gasteiger partial charge in [-0.2, -0.15) is 5.26 Å². The Morgan fingerprint density at radius 1 is 0.416 bits per heavy atom. The molecule has 0 bridgehead atoms. The van der Waals surface area contributed by atoms with Crippen molar-refractivity contribution in [3.05, 3.63) is 224 Å².